The standard InChI is InChI=1S/C34H39ClF3N3O5/c1-39-20-22-10-12-23(13-11-22)31(42)41-18-5-7-25(21-41)33(44,16-6-17-40-32(43)46-3)27-8-4-9-28(35)30(27)26-19-24(34(36,37)38)14-15-29(26)45-2/h4,8-15,19,25,39,44H,5-7,16-18,20-21H2,1-3H3,(H,40,43). The minimum Gasteiger partial charge on any atom is -0.496 e. The van der Waals surface area contributed by atoms with Gasteiger partial charge in [0, 0.05) is 53.8 Å². The van der Waals surface area contributed by atoms with Crippen molar-refractivity contribution in [2.24, 2.45) is 5.92 Å². The number of piperidine rings is 1. The Morgan fingerprint density at radius 3 is 2.48 bits per heavy atom. The third-order valence-corrected chi connectivity index (χ3v) is 8.75. The number of alkyl carbamates (subject to hydrolysis) is 1. The molecule has 12 heteroatoms. The molecule has 0 aliphatic carbocycles. The zero-order valence-electron chi connectivity index (χ0n) is 26.0. The van der Waals surface area contributed by atoms with Crippen molar-refractivity contribution < 1.29 is 37.3 Å². The maximum absolute atomic E-state index is 13.9. The van der Waals surface area contributed by atoms with Crippen molar-refractivity contribution in [2.75, 3.05) is 40.9 Å². The van der Waals surface area contributed by atoms with E-state index >= 15 is 0 Å². The van der Waals surface area contributed by atoms with E-state index in [1.807, 2.05) is 19.2 Å². The minimum absolute atomic E-state index is 0.0782. The van der Waals surface area contributed by atoms with Crippen molar-refractivity contribution in [3.05, 3.63) is 87.9 Å². The molecule has 1 aliphatic rings. The van der Waals surface area contributed by atoms with Gasteiger partial charge in [-0.25, -0.2) is 4.79 Å². The van der Waals surface area contributed by atoms with Crippen LogP contribution in [0.5, 0.6) is 5.75 Å². The summed E-state index contributed by atoms with van der Waals surface area (Å²) < 4.78 is 51.7. The molecule has 46 heavy (non-hydrogen) atoms. The van der Waals surface area contributed by atoms with E-state index in [2.05, 4.69) is 15.4 Å². The number of aliphatic hydroxyl groups is 1. The van der Waals surface area contributed by atoms with Crippen molar-refractivity contribution in [3.63, 3.8) is 0 Å². The molecule has 0 spiro atoms. The Kier molecular flexibility index (Phi) is 11.6. The summed E-state index contributed by atoms with van der Waals surface area (Å²) in [5.41, 5.74) is -0.407. The molecule has 2 unspecified atom stereocenters. The van der Waals surface area contributed by atoms with E-state index in [9.17, 15) is 27.9 Å². The van der Waals surface area contributed by atoms with Gasteiger partial charge < -0.3 is 30.1 Å². The highest BCUT2D eigenvalue weighted by molar-refractivity contribution is 6.33. The van der Waals surface area contributed by atoms with Crippen molar-refractivity contribution in [3.8, 4) is 16.9 Å². The first-order valence-corrected chi connectivity index (χ1v) is 15.4. The molecule has 248 valence electrons. The number of likely N-dealkylation sites (tertiary alicyclic amines) is 1. The van der Waals surface area contributed by atoms with E-state index in [1.165, 1.54) is 20.3 Å². The van der Waals surface area contributed by atoms with Gasteiger partial charge in [-0.3, -0.25) is 4.79 Å². The van der Waals surface area contributed by atoms with Gasteiger partial charge in [0.05, 0.1) is 25.4 Å². The molecule has 3 aromatic rings. The van der Waals surface area contributed by atoms with E-state index in [4.69, 9.17) is 16.3 Å². The molecule has 8 nitrogen and oxygen atoms in total. The molecule has 0 aromatic heterocycles. The second kappa shape index (κ2) is 15.2. The molecule has 3 N–H and O–H groups in total. The third kappa shape index (κ3) is 7.94. The molecule has 3 aromatic carbocycles. The van der Waals surface area contributed by atoms with Crippen LogP contribution in [0.2, 0.25) is 5.02 Å². The fourth-order valence-electron chi connectivity index (χ4n) is 6.12. The number of nitrogens with one attached hydrogen (secondary N) is 2. The van der Waals surface area contributed by atoms with Crippen LogP contribution in [0.25, 0.3) is 11.1 Å². The lowest BCUT2D eigenvalue weighted by Crippen LogP contribution is -2.48. The highest BCUT2D eigenvalue weighted by Crippen LogP contribution is 2.48. The zero-order chi connectivity index (χ0) is 33.5. The summed E-state index contributed by atoms with van der Waals surface area (Å²) in [6, 6.07) is 15.3. The lowest BCUT2D eigenvalue weighted by Gasteiger charge is -2.44. The minimum atomic E-state index is -4.63. The van der Waals surface area contributed by atoms with Gasteiger partial charge >= 0.3 is 12.3 Å². The van der Waals surface area contributed by atoms with Crippen LogP contribution in [-0.4, -0.2) is 62.9 Å². The predicted octanol–water partition coefficient (Wildman–Crippen LogP) is 6.63. The number of amides is 2. The smallest absolute Gasteiger partial charge is 0.416 e. The lowest BCUT2D eigenvalue weighted by atomic mass is 9.72. The Morgan fingerprint density at radius 1 is 1.09 bits per heavy atom. The number of carbonyl (C=O) groups is 2. The average molecular weight is 662 g/mol. The molecule has 1 saturated heterocycles. The van der Waals surface area contributed by atoms with Gasteiger partial charge in [0.1, 0.15) is 5.75 Å². The van der Waals surface area contributed by atoms with Crippen LogP contribution in [0.1, 0.15) is 52.7 Å². The Balaban J connectivity index is 1.77. The molecule has 2 amide bonds. The molecule has 0 radical (unpaired) electrons. The first kappa shape index (κ1) is 35.1. The zero-order valence-corrected chi connectivity index (χ0v) is 26.8. The lowest BCUT2D eigenvalue weighted by molar-refractivity contribution is -0.137. The Hall–Kier alpha value is -3.80. The van der Waals surface area contributed by atoms with Gasteiger partial charge in [-0.2, -0.15) is 13.2 Å². The number of nitrogens with zero attached hydrogens (tertiary/aromatic N) is 1. The molecule has 0 saturated carbocycles. The van der Waals surface area contributed by atoms with Crippen LogP contribution in [-0.2, 0) is 23.1 Å². The van der Waals surface area contributed by atoms with Crippen molar-refractivity contribution >= 4 is 23.6 Å². The number of carbonyl (C=O) groups excluding carboxylic acids is 2. The summed E-state index contributed by atoms with van der Waals surface area (Å²) in [5.74, 6) is -0.540. The van der Waals surface area contributed by atoms with Crippen LogP contribution in [0, 0.1) is 5.92 Å². The van der Waals surface area contributed by atoms with Gasteiger partial charge in [0.15, 0.2) is 0 Å². The molecular formula is C34H39ClF3N3O5. The van der Waals surface area contributed by atoms with Crippen LogP contribution >= 0.6 is 11.6 Å². The number of methoxy groups -OCH3 is 2. The van der Waals surface area contributed by atoms with E-state index < -0.39 is 29.4 Å². The molecule has 1 fully saturated rings. The monoisotopic (exact) mass is 661 g/mol. The quantitative estimate of drug-likeness (QED) is 0.200. The fourth-order valence-corrected chi connectivity index (χ4v) is 6.40. The topological polar surface area (TPSA) is 100 Å². The average Bonchev–Trinajstić information content (AvgIpc) is 3.06. The number of alkyl halides is 3. The second-order valence-electron chi connectivity index (χ2n) is 11.3. The third-order valence-electron chi connectivity index (χ3n) is 8.43. The van der Waals surface area contributed by atoms with E-state index in [1.54, 1.807) is 35.2 Å². The van der Waals surface area contributed by atoms with Crippen LogP contribution < -0.4 is 15.4 Å². The normalized spacial score (nSPS) is 16.4. The van der Waals surface area contributed by atoms with Gasteiger partial charge in [0.25, 0.3) is 5.91 Å². The van der Waals surface area contributed by atoms with Crippen LogP contribution in [0.4, 0.5) is 18.0 Å². The molecule has 2 atom stereocenters. The number of rotatable bonds is 11. The van der Waals surface area contributed by atoms with Crippen LogP contribution in [0.15, 0.2) is 60.7 Å². The molecule has 0 bridgehead atoms. The Morgan fingerprint density at radius 2 is 1.83 bits per heavy atom. The SMILES string of the molecule is CNCc1ccc(C(=O)N2CCCC(C(O)(CCCNC(=O)OC)c3cccc(Cl)c3-c3cc(C(F)(F)F)ccc3OC)C2)cc1. The summed E-state index contributed by atoms with van der Waals surface area (Å²) >= 11 is 6.73. The van der Waals surface area contributed by atoms with Gasteiger partial charge in [-0.05, 0) is 80.3 Å². The van der Waals surface area contributed by atoms with E-state index in [0.29, 0.717) is 43.5 Å². The Bertz CT molecular complexity index is 1520. The highest BCUT2D eigenvalue weighted by Gasteiger charge is 2.43. The first-order valence-electron chi connectivity index (χ1n) is 15.0. The maximum Gasteiger partial charge on any atom is 0.416 e. The fraction of sp³-hybridized carbons (Fsp3) is 0.412. The number of benzene rings is 3. The molecule has 1 heterocycles. The first-order chi connectivity index (χ1) is 21.9. The predicted molar refractivity (Wildman–Crippen MR) is 170 cm³/mol. The number of hydrogen-bond donors (Lipinski definition) is 3. The van der Waals surface area contributed by atoms with E-state index in [0.717, 1.165) is 17.7 Å². The van der Waals surface area contributed by atoms with Gasteiger partial charge in [-0.15, -0.1) is 0 Å². The van der Waals surface area contributed by atoms with Crippen molar-refractivity contribution in [1.82, 2.24) is 15.5 Å². The molecular weight excluding hydrogens is 623 g/mol. The van der Waals surface area contributed by atoms with Gasteiger partial charge in [-0.1, -0.05) is 35.9 Å². The number of hydrogen-bond acceptors (Lipinski definition) is 6. The molecule has 1 aliphatic heterocycles. The van der Waals surface area contributed by atoms with Crippen LogP contribution in [0.3, 0.4) is 0 Å². The summed E-state index contributed by atoms with van der Waals surface area (Å²) in [6.45, 7) is 1.52. The summed E-state index contributed by atoms with van der Waals surface area (Å²) in [7, 11) is 4.44. The van der Waals surface area contributed by atoms with E-state index in [-0.39, 0.29) is 47.3 Å². The largest absolute Gasteiger partial charge is 0.496 e. The maximum atomic E-state index is 13.9. The van der Waals surface area contributed by atoms with Crippen molar-refractivity contribution in [1.29, 1.82) is 0 Å². The highest BCUT2D eigenvalue weighted by atomic mass is 35.5. The summed E-state index contributed by atoms with van der Waals surface area (Å²) in [4.78, 5) is 27.0. The second-order valence-corrected chi connectivity index (χ2v) is 11.7. The molecule has 4 rings (SSSR count). The summed E-state index contributed by atoms with van der Waals surface area (Å²) in [6.07, 6.45) is -3.72. The Labute approximate surface area is 271 Å². The van der Waals surface area contributed by atoms with Crippen molar-refractivity contribution in [2.45, 2.75) is 44.0 Å². The number of halogens is 4. The number of ether oxygens (including phenoxy) is 2. The summed E-state index contributed by atoms with van der Waals surface area (Å²) in [5, 5.41) is 18.6. The van der Waals surface area contributed by atoms with Gasteiger partial charge in [0.2, 0.25) is 0 Å².